The molecular weight excluding hydrogens is 435 g/mol. The van der Waals surface area contributed by atoms with Crippen molar-refractivity contribution in [2.75, 3.05) is 19.8 Å². The van der Waals surface area contributed by atoms with Gasteiger partial charge in [-0.05, 0) is 31.9 Å². The Bertz CT molecular complexity index is 1380. The highest BCUT2D eigenvalue weighted by atomic mass is 19.1. The predicted molar refractivity (Wildman–Crippen MR) is 123 cm³/mol. The van der Waals surface area contributed by atoms with Crippen LogP contribution < -0.4 is 0 Å². The van der Waals surface area contributed by atoms with E-state index < -0.39 is 0 Å². The predicted octanol–water partition coefficient (Wildman–Crippen LogP) is 3.75. The van der Waals surface area contributed by atoms with E-state index in [-0.39, 0.29) is 17.8 Å². The topological polar surface area (TPSA) is 86.0 Å². The maximum Gasteiger partial charge on any atom is 0.272 e. The summed E-state index contributed by atoms with van der Waals surface area (Å²) in [5, 5.41) is 5.70. The molecule has 0 N–H and O–H groups in total. The third kappa shape index (κ3) is 3.62. The van der Waals surface area contributed by atoms with E-state index in [1.165, 1.54) is 6.07 Å². The molecule has 1 saturated carbocycles. The lowest BCUT2D eigenvalue weighted by atomic mass is 10.1. The minimum Gasteiger partial charge on any atom is -0.377 e. The number of halogens is 1. The first kappa shape index (κ1) is 20.9. The van der Waals surface area contributed by atoms with E-state index in [9.17, 15) is 9.18 Å². The second-order valence-corrected chi connectivity index (χ2v) is 8.83. The number of carbonyl (C=O) groups is 1. The number of ether oxygens (including phenoxy) is 1. The number of hydrogen-bond acceptors (Lipinski definition) is 6. The molecule has 0 bridgehead atoms. The van der Waals surface area contributed by atoms with Crippen molar-refractivity contribution < 1.29 is 13.9 Å². The summed E-state index contributed by atoms with van der Waals surface area (Å²) in [4.78, 5) is 28.4. The molecule has 2 fully saturated rings. The van der Waals surface area contributed by atoms with Crippen molar-refractivity contribution in [1.82, 2.24) is 29.6 Å². The van der Waals surface area contributed by atoms with Crippen molar-refractivity contribution in [3.05, 3.63) is 66.1 Å². The molecule has 0 spiro atoms. The van der Waals surface area contributed by atoms with Gasteiger partial charge in [0.25, 0.3) is 11.9 Å². The Kier molecular flexibility index (Phi) is 5.06. The summed E-state index contributed by atoms with van der Waals surface area (Å²) in [6.07, 6.45) is 7.07. The quantitative estimate of drug-likeness (QED) is 0.463. The second-order valence-electron chi connectivity index (χ2n) is 8.83. The molecule has 172 valence electrons. The standard InChI is InChI=1S/C25H23FN6O2/c1-15-14-34-9-8-31(15)24(33)21-10-22-19(13-27-21)23(16-6-7-16)30-32(22)25-28-11-17(12-29-25)18-4-2-3-5-20(18)26/h2-5,10-13,15-16H,6-9,14H2,1H3. The third-order valence-electron chi connectivity index (χ3n) is 6.42. The summed E-state index contributed by atoms with van der Waals surface area (Å²) in [5.41, 5.74) is 3.06. The van der Waals surface area contributed by atoms with Crippen LogP contribution in [0, 0.1) is 5.82 Å². The van der Waals surface area contributed by atoms with Gasteiger partial charge in [0, 0.05) is 47.6 Å². The number of benzene rings is 1. The van der Waals surface area contributed by atoms with E-state index in [0.29, 0.717) is 48.4 Å². The number of pyridine rings is 1. The molecule has 1 atom stereocenters. The molecule has 1 unspecified atom stereocenters. The first-order valence-electron chi connectivity index (χ1n) is 11.4. The van der Waals surface area contributed by atoms with Crippen molar-refractivity contribution >= 4 is 16.8 Å². The molecular formula is C25H23FN6O2. The van der Waals surface area contributed by atoms with Gasteiger partial charge < -0.3 is 9.64 Å². The summed E-state index contributed by atoms with van der Waals surface area (Å²) in [6.45, 7) is 3.53. The molecule has 9 heteroatoms. The summed E-state index contributed by atoms with van der Waals surface area (Å²) >= 11 is 0. The number of rotatable bonds is 4. The zero-order valence-corrected chi connectivity index (χ0v) is 18.7. The molecule has 8 nitrogen and oxygen atoms in total. The van der Waals surface area contributed by atoms with Crippen LogP contribution in [0.1, 0.15) is 41.9 Å². The fourth-order valence-corrected chi connectivity index (χ4v) is 4.40. The molecule has 6 rings (SSSR count). The van der Waals surface area contributed by atoms with Gasteiger partial charge in [0.2, 0.25) is 0 Å². The molecule has 0 radical (unpaired) electrons. The molecule has 1 amide bonds. The number of amides is 1. The van der Waals surface area contributed by atoms with Gasteiger partial charge >= 0.3 is 0 Å². The Morgan fingerprint density at radius 3 is 2.65 bits per heavy atom. The molecule has 1 aliphatic carbocycles. The number of hydrogen-bond donors (Lipinski definition) is 0. The first-order valence-corrected chi connectivity index (χ1v) is 11.4. The van der Waals surface area contributed by atoms with Crippen LogP contribution >= 0.6 is 0 Å². The third-order valence-corrected chi connectivity index (χ3v) is 6.42. The normalized spacial score (nSPS) is 18.4. The zero-order valence-electron chi connectivity index (χ0n) is 18.7. The smallest absolute Gasteiger partial charge is 0.272 e. The van der Waals surface area contributed by atoms with Gasteiger partial charge in [-0.25, -0.2) is 14.4 Å². The fourth-order valence-electron chi connectivity index (χ4n) is 4.40. The molecule has 2 aliphatic rings. The Balaban J connectivity index is 1.41. The van der Waals surface area contributed by atoms with E-state index in [0.717, 1.165) is 29.4 Å². The molecule has 4 aromatic rings. The van der Waals surface area contributed by atoms with Crippen molar-refractivity contribution in [1.29, 1.82) is 0 Å². The van der Waals surface area contributed by atoms with Crippen LogP contribution in [0.3, 0.4) is 0 Å². The average Bonchev–Trinajstić information content (AvgIpc) is 3.64. The lowest BCUT2D eigenvalue weighted by Crippen LogP contribution is -2.47. The lowest BCUT2D eigenvalue weighted by Gasteiger charge is -2.33. The van der Waals surface area contributed by atoms with E-state index in [1.807, 2.05) is 6.92 Å². The van der Waals surface area contributed by atoms with Crippen LogP contribution in [0.5, 0.6) is 0 Å². The molecule has 1 aliphatic heterocycles. The van der Waals surface area contributed by atoms with Crippen LogP contribution in [0.2, 0.25) is 0 Å². The lowest BCUT2D eigenvalue weighted by molar-refractivity contribution is 0.00328. The fraction of sp³-hybridized carbons (Fsp3) is 0.320. The maximum atomic E-state index is 14.2. The number of morpholine rings is 1. The number of aromatic nitrogens is 5. The number of nitrogens with zero attached hydrogens (tertiary/aromatic N) is 6. The summed E-state index contributed by atoms with van der Waals surface area (Å²) < 4.78 is 21.3. The zero-order chi connectivity index (χ0) is 23.2. The highest BCUT2D eigenvalue weighted by Gasteiger charge is 2.31. The van der Waals surface area contributed by atoms with E-state index in [4.69, 9.17) is 9.84 Å². The Morgan fingerprint density at radius 2 is 1.91 bits per heavy atom. The van der Waals surface area contributed by atoms with Gasteiger partial charge in [-0.2, -0.15) is 9.78 Å². The summed E-state index contributed by atoms with van der Waals surface area (Å²) in [7, 11) is 0. The van der Waals surface area contributed by atoms with Gasteiger partial charge in [0.05, 0.1) is 30.5 Å². The molecule has 3 aromatic heterocycles. The largest absolute Gasteiger partial charge is 0.377 e. The van der Waals surface area contributed by atoms with Crippen LogP contribution in [-0.4, -0.2) is 61.3 Å². The minimum absolute atomic E-state index is 0.0139. The van der Waals surface area contributed by atoms with E-state index >= 15 is 0 Å². The first-order chi connectivity index (χ1) is 16.6. The van der Waals surface area contributed by atoms with Crippen molar-refractivity contribution in [2.24, 2.45) is 0 Å². The van der Waals surface area contributed by atoms with Gasteiger partial charge in [-0.15, -0.1) is 0 Å². The van der Waals surface area contributed by atoms with Crippen LogP contribution in [-0.2, 0) is 4.74 Å². The molecule has 1 saturated heterocycles. The van der Waals surface area contributed by atoms with E-state index in [1.54, 1.807) is 52.4 Å². The maximum absolute atomic E-state index is 14.2. The van der Waals surface area contributed by atoms with Crippen molar-refractivity contribution in [2.45, 2.75) is 31.7 Å². The summed E-state index contributed by atoms with van der Waals surface area (Å²) in [5.74, 6) is 0.283. The highest BCUT2D eigenvalue weighted by molar-refractivity contribution is 5.96. The number of fused-ring (bicyclic) bond motifs is 1. The Labute approximate surface area is 195 Å². The van der Waals surface area contributed by atoms with Gasteiger partial charge in [0.15, 0.2) is 0 Å². The molecule has 4 heterocycles. The second kappa shape index (κ2) is 8.25. The van der Waals surface area contributed by atoms with Crippen LogP contribution in [0.15, 0.2) is 48.9 Å². The Morgan fingerprint density at radius 1 is 1.12 bits per heavy atom. The van der Waals surface area contributed by atoms with Crippen molar-refractivity contribution in [3.8, 4) is 17.1 Å². The van der Waals surface area contributed by atoms with Gasteiger partial charge in [-0.3, -0.25) is 9.78 Å². The van der Waals surface area contributed by atoms with Crippen molar-refractivity contribution in [3.63, 3.8) is 0 Å². The molecule has 1 aromatic carbocycles. The highest BCUT2D eigenvalue weighted by Crippen LogP contribution is 2.42. The molecule has 34 heavy (non-hydrogen) atoms. The van der Waals surface area contributed by atoms with Crippen LogP contribution in [0.4, 0.5) is 4.39 Å². The van der Waals surface area contributed by atoms with Crippen LogP contribution in [0.25, 0.3) is 28.0 Å². The minimum atomic E-state index is -0.328. The van der Waals surface area contributed by atoms with Gasteiger partial charge in [0.1, 0.15) is 11.5 Å². The monoisotopic (exact) mass is 458 g/mol. The van der Waals surface area contributed by atoms with E-state index in [2.05, 4.69) is 15.0 Å². The summed E-state index contributed by atoms with van der Waals surface area (Å²) in [6, 6.07) is 8.28. The average molecular weight is 458 g/mol. The van der Waals surface area contributed by atoms with Gasteiger partial charge in [-0.1, -0.05) is 18.2 Å². The number of carbonyl (C=O) groups excluding carboxylic acids is 1. The SMILES string of the molecule is CC1COCCN1C(=O)c1cc2c(cn1)c(C1CC1)nn2-c1ncc(-c2ccccc2F)cn1. The Hall–Kier alpha value is -3.72.